The quantitative estimate of drug-likeness (QED) is 0.628. The number of hydrogen-bond acceptors (Lipinski definition) is 5. The lowest BCUT2D eigenvalue weighted by Gasteiger charge is -2.38. The van der Waals surface area contributed by atoms with Gasteiger partial charge in [0.15, 0.2) is 0 Å². The van der Waals surface area contributed by atoms with Crippen molar-refractivity contribution in [2.75, 3.05) is 13.1 Å². The number of amides is 1. The fraction of sp³-hybridized carbons (Fsp3) is 0.300. The standard InChI is InChI=1S/C20H24N4OS/c21-11-8-19(22)24(20(25)18-7-4-14-26-18)17-9-12-23(13-10-17)15-16-5-2-1-3-6-16/h1-8,11,14,17,22H,9-10,12-13,15,21H2/b11-8-,22-19?. The summed E-state index contributed by atoms with van der Waals surface area (Å²) in [7, 11) is 0. The van der Waals surface area contributed by atoms with Gasteiger partial charge in [-0.25, -0.2) is 0 Å². The highest BCUT2D eigenvalue weighted by Gasteiger charge is 2.31. The maximum absolute atomic E-state index is 12.9. The summed E-state index contributed by atoms with van der Waals surface area (Å²) >= 11 is 1.41. The van der Waals surface area contributed by atoms with Crippen molar-refractivity contribution >= 4 is 23.1 Å². The Labute approximate surface area is 158 Å². The van der Waals surface area contributed by atoms with Gasteiger partial charge >= 0.3 is 0 Å². The number of benzene rings is 1. The average molecular weight is 369 g/mol. The van der Waals surface area contributed by atoms with Crippen molar-refractivity contribution in [3.05, 3.63) is 70.6 Å². The molecule has 2 heterocycles. The second-order valence-electron chi connectivity index (χ2n) is 6.39. The number of hydrogen-bond donors (Lipinski definition) is 2. The molecule has 26 heavy (non-hydrogen) atoms. The maximum Gasteiger partial charge on any atom is 0.269 e. The van der Waals surface area contributed by atoms with E-state index in [9.17, 15) is 4.79 Å². The first-order valence-corrected chi connectivity index (χ1v) is 9.67. The van der Waals surface area contributed by atoms with Crippen LogP contribution in [0.25, 0.3) is 0 Å². The second kappa shape index (κ2) is 8.78. The van der Waals surface area contributed by atoms with Gasteiger partial charge in [0.1, 0.15) is 5.84 Å². The zero-order chi connectivity index (χ0) is 18.4. The molecule has 1 aromatic carbocycles. The number of amidine groups is 1. The van der Waals surface area contributed by atoms with Crippen molar-refractivity contribution in [1.29, 1.82) is 5.41 Å². The summed E-state index contributed by atoms with van der Waals surface area (Å²) in [4.78, 5) is 17.6. The molecule has 1 aliphatic heterocycles. The van der Waals surface area contributed by atoms with Crippen LogP contribution in [0.3, 0.4) is 0 Å². The van der Waals surface area contributed by atoms with Crippen LogP contribution < -0.4 is 5.73 Å². The zero-order valence-electron chi connectivity index (χ0n) is 14.7. The Bertz CT molecular complexity index is 749. The molecule has 0 aliphatic carbocycles. The van der Waals surface area contributed by atoms with Gasteiger partial charge in [-0.2, -0.15) is 0 Å². The third-order valence-corrected chi connectivity index (χ3v) is 5.49. The SMILES string of the molecule is N=C(/C=C\N)N(C(=O)c1cccs1)C1CCN(Cc2ccccc2)CC1. The maximum atomic E-state index is 12.9. The fourth-order valence-corrected chi connectivity index (χ4v) is 4.00. The number of nitrogens with two attached hydrogens (primary N) is 1. The fourth-order valence-electron chi connectivity index (χ4n) is 3.34. The number of nitrogens with one attached hydrogen (secondary N) is 1. The minimum absolute atomic E-state index is 0.0281. The third kappa shape index (κ3) is 4.39. The van der Waals surface area contributed by atoms with Crippen molar-refractivity contribution in [2.24, 2.45) is 5.73 Å². The molecule has 2 aromatic rings. The summed E-state index contributed by atoms with van der Waals surface area (Å²) in [5.41, 5.74) is 6.76. The number of nitrogens with zero attached hydrogens (tertiary/aromatic N) is 2. The van der Waals surface area contributed by atoms with Crippen LogP contribution in [0.1, 0.15) is 28.1 Å². The highest BCUT2D eigenvalue weighted by Crippen LogP contribution is 2.22. The highest BCUT2D eigenvalue weighted by molar-refractivity contribution is 7.12. The molecule has 5 nitrogen and oxygen atoms in total. The van der Waals surface area contributed by atoms with Crippen LogP contribution in [0.5, 0.6) is 0 Å². The summed E-state index contributed by atoms with van der Waals surface area (Å²) in [6, 6.07) is 14.1. The van der Waals surface area contributed by atoms with E-state index in [0.717, 1.165) is 32.5 Å². The number of likely N-dealkylation sites (tertiary alicyclic amines) is 1. The Morgan fingerprint density at radius 1 is 1.23 bits per heavy atom. The molecule has 0 spiro atoms. The molecule has 1 amide bonds. The lowest BCUT2D eigenvalue weighted by Crippen LogP contribution is -2.49. The van der Waals surface area contributed by atoms with Crippen LogP contribution in [-0.2, 0) is 6.54 Å². The van der Waals surface area contributed by atoms with E-state index in [2.05, 4.69) is 29.2 Å². The summed E-state index contributed by atoms with van der Waals surface area (Å²) in [5, 5.41) is 10.2. The summed E-state index contributed by atoms with van der Waals surface area (Å²) in [5.74, 6) is 0.0528. The van der Waals surface area contributed by atoms with Gasteiger partial charge < -0.3 is 5.73 Å². The van der Waals surface area contributed by atoms with Crippen molar-refractivity contribution in [1.82, 2.24) is 9.80 Å². The molecule has 0 saturated carbocycles. The summed E-state index contributed by atoms with van der Waals surface area (Å²) < 4.78 is 0. The molecule has 6 heteroatoms. The van der Waals surface area contributed by atoms with Gasteiger partial charge in [0, 0.05) is 25.7 Å². The predicted molar refractivity (Wildman–Crippen MR) is 106 cm³/mol. The molecule has 1 aromatic heterocycles. The van der Waals surface area contributed by atoms with E-state index in [0.29, 0.717) is 4.88 Å². The molecule has 1 saturated heterocycles. The van der Waals surface area contributed by atoms with E-state index < -0.39 is 0 Å². The van der Waals surface area contributed by atoms with Crippen molar-refractivity contribution < 1.29 is 4.79 Å². The normalized spacial score (nSPS) is 16.0. The van der Waals surface area contributed by atoms with E-state index >= 15 is 0 Å². The number of rotatable bonds is 5. The van der Waals surface area contributed by atoms with E-state index in [4.69, 9.17) is 11.1 Å². The van der Waals surface area contributed by atoms with E-state index in [1.165, 1.54) is 29.2 Å². The van der Waals surface area contributed by atoms with Gasteiger partial charge in [0.25, 0.3) is 5.91 Å². The van der Waals surface area contributed by atoms with Crippen molar-refractivity contribution in [3.8, 4) is 0 Å². The molecule has 0 atom stereocenters. The molecule has 136 valence electrons. The second-order valence-corrected chi connectivity index (χ2v) is 7.34. The van der Waals surface area contributed by atoms with Gasteiger partial charge in [0.05, 0.1) is 4.88 Å². The van der Waals surface area contributed by atoms with Crippen LogP contribution >= 0.6 is 11.3 Å². The number of carbonyl (C=O) groups excluding carboxylic acids is 1. The van der Waals surface area contributed by atoms with Crippen LogP contribution in [0.4, 0.5) is 0 Å². The van der Waals surface area contributed by atoms with Gasteiger partial charge in [-0.05, 0) is 42.1 Å². The molecule has 3 rings (SSSR count). The first-order chi connectivity index (χ1) is 12.7. The van der Waals surface area contributed by atoms with Gasteiger partial charge in [0.2, 0.25) is 0 Å². The van der Waals surface area contributed by atoms with Crippen molar-refractivity contribution in [2.45, 2.75) is 25.4 Å². The molecule has 1 fully saturated rings. The minimum Gasteiger partial charge on any atom is -0.404 e. The number of thiophene rings is 1. The Morgan fingerprint density at radius 2 is 1.96 bits per heavy atom. The monoisotopic (exact) mass is 368 g/mol. The topological polar surface area (TPSA) is 73.4 Å². The molecule has 0 bridgehead atoms. The number of piperidine rings is 1. The molecular weight excluding hydrogens is 344 g/mol. The Kier molecular flexibility index (Phi) is 6.20. The Balaban J connectivity index is 1.67. The van der Waals surface area contributed by atoms with Crippen LogP contribution in [0.2, 0.25) is 0 Å². The molecule has 1 aliphatic rings. The van der Waals surface area contributed by atoms with Crippen LogP contribution in [0.15, 0.2) is 60.1 Å². The lowest BCUT2D eigenvalue weighted by molar-refractivity contribution is 0.0734. The van der Waals surface area contributed by atoms with Crippen molar-refractivity contribution in [3.63, 3.8) is 0 Å². The summed E-state index contributed by atoms with van der Waals surface area (Å²) in [6.07, 6.45) is 4.51. The van der Waals surface area contributed by atoms with E-state index in [1.807, 2.05) is 23.6 Å². The first-order valence-electron chi connectivity index (χ1n) is 8.79. The Hall–Kier alpha value is -2.44. The van der Waals surface area contributed by atoms with E-state index in [-0.39, 0.29) is 17.8 Å². The van der Waals surface area contributed by atoms with E-state index in [1.54, 1.807) is 4.90 Å². The van der Waals surface area contributed by atoms with Gasteiger partial charge in [-0.1, -0.05) is 36.4 Å². The molecule has 0 unspecified atom stereocenters. The molecule has 0 radical (unpaired) electrons. The Morgan fingerprint density at radius 3 is 2.58 bits per heavy atom. The third-order valence-electron chi connectivity index (χ3n) is 4.64. The average Bonchev–Trinajstić information content (AvgIpc) is 3.19. The van der Waals surface area contributed by atoms with Crippen LogP contribution in [-0.4, -0.2) is 40.7 Å². The predicted octanol–water partition coefficient (Wildman–Crippen LogP) is 3.30. The van der Waals surface area contributed by atoms with Gasteiger partial charge in [-0.3, -0.25) is 20.0 Å². The number of carbonyl (C=O) groups is 1. The lowest BCUT2D eigenvalue weighted by atomic mass is 10.0. The first kappa shape index (κ1) is 18.4. The van der Waals surface area contributed by atoms with Gasteiger partial charge in [-0.15, -0.1) is 11.3 Å². The smallest absolute Gasteiger partial charge is 0.269 e. The minimum atomic E-state index is -0.107. The van der Waals surface area contributed by atoms with Crippen LogP contribution in [0, 0.1) is 5.41 Å². The highest BCUT2D eigenvalue weighted by atomic mass is 32.1. The zero-order valence-corrected chi connectivity index (χ0v) is 15.5. The summed E-state index contributed by atoms with van der Waals surface area (Å²) in [6.45, 7) is 2.74. The molecule has 3 N–H and O–H groups in total. The largest absolute Gasteiger partial charge is 0.404 e. The molecular formula is C20H24N4OS.